The van der Waals surface area contributed by atoms with Crippen LogP contribution in [0.25, 0.3) is 0 Å². The van der Waals surface area contributed by atoms with Gasteiger partial charge in [-0.15, -0.1) is 11.3 Å². The van der Waals surface area contributed by atoms with E-state index in [2.05, 4.69) is 15.0 Å². The molecule has 0 bridgehead atoms. The average molecular weight is 524 g/mol. The number of hydrogen-bond donors (Lipinski definition) is 2. The summed E-state index contributed by atoms with van der Waals surface area (Å²) in [4.78, 5) is 53.6. The number of ether oxygens (including phenoxy) is 1. The number of benzene rings is 1. The summed E-state index contributed by atoms with van der Waals surface area (Å²) in [7, 11) is 1.52. The van der Waals surface area contributed by atoms with Crippen LogP contribution in [0.5, 0.6) is 5.75 Å². The number of carboxylic acid groups (broad SMARTS) is 1. The van der Waals surface area contributed by atoms with Crippen molar-refractivity contribution >= 4 is 29.1 Å². The van der Waals surface area contributed by atoms with Gasteiger partial charge in [0.15, 0.2) is 5.54 Å². The topological polar surface area (TPSA) is 149 Å². The summed E-state index contributed by atoms with van der Waals surface area (Å²) in [6.45, 7) is 6.08. The number of methoxy groups -OCH3 is 1. The predicted molar refractivity (Wildman–Crippen MR) is 136 cm³/mol. The third-order valence-electron chi connectivity index (χ3n) is 6.69. The normalized spacial score (nSPS) is 21.6. The molecule has 0 aliphatic carbocycles. The van der Waals surface area contributed by atoms with Crippen molar-refractivity contribution in [3.8, 4) is 5.75 Å². The van der Waals surface area contributed by atoms with Crippen LogP contribution < -0.4 is 10.5 Å². The van der Waals surface area contributed by atoms with Crippen LogP contribution in [0.3, 0.4) is 0 Å². The molecule has 3 N–H and O–H groups in total. The summed E-state index contributed by atoms with van der Waals surface area (Å²) in [5.41, 5.74) is 5.00. The van der Waals surface area contributed by atoms with Crippen molar-refractivity contribution in [3.63, 3.8) is 0 Å². The van der Waals surface area contributed by atoms with Crippen LogP contribution in [0.15, 0.2) is 48.4 Å². The van der Waals surface area contributed by atoms with Gasteiger partial charge < -0.3 is 20.5 Å². The number of carboxylic acids is 1. The van der Waals surface area contributed by atoms with E-state index < -0.39 is 41.7 Å². The van der Waals surface area contributed by atoms with Crippen LogP contribution in [0, 0.1) is 0 Å². The summed E-state index contributed by atoms with van der Waals surface area (Å²) in [5, 5.41) is 12.8. The molecule has 2 amide bonds. The Morgan fingerprint density at radius 3 is 2.51 bits per heavy atom. The molecule has 3 aromatic rings. The van der Waals surface area contributed by atoms with E-state index in [4.69, 9.17) is 10.5 Å². The number of carbonyl (C=O) groups excluding carboxylic acids is 2. The highest BCUT2D eigenvalue weighted by molar-refractivity contribution is 7.09. The SMILES string of the molecule is COc1cc(C(=O)N2[C@@H](c3nccs3)[C@@H](c3cnccn3)C[C@@]2(CC(N)=O)C(=O)O)ccc1C(C)(C)C. The Balaban J connectivity index is 1.93. The van der Waals surface area contributed by atoms with Gasteiger partial charge in [-0.3, -0.25) is 19.6 Å². The summed E-state index contributed by atoms with van der Waals surface area (Å²) in [6.07, 6.45) is 5.49. The highest BCUT2D eigenvalue weighted by atomic mass is 32.1. The summed E-state index contributed by atoms with van der Waals surface area (Å²) < 4.78 is 5.59. The number of nitrogens with two attached hydrogens (primary N) is 1. The minimum absolute atomic E-state index is 0.0861. The van der Waals surface area contributed by atoms with Gasteiger partial charge in [0, 0.05) is 41.6 Å². The van der Waals surface area contributed by atoms with Crippen molar-refractivity contribution in [2.24, 2.45) is 5.73 Å². The first-order chi connectivity index (χ1) is 17.5. The van der Waals surface area contributed by atoms with Gasteiger partial charge in [-0.2, -0.15) is 0 Å². The Bertz CT molecular complexity index is 1310. The Hall–Kier alpha value is -3.86. The van der Waals surface area contributed by atoms with Crippen LogP contribution in [-0.2, 0) is 15.0 Å². The summed E-state index contributed by atoms with van der Waals surface area (Å²) in [6, 6.07) is 4.25. The third-order valence-corrected chi connectivity index (χ3v) is 7.53. The molecule has 2 aromatic heterocycles. The molecule has 4 rings (SSSR count). The van der Waals surface area contributed by atoms with Crippen LogP contribution in [-0.4, -0.2) is 55.4 Å². The van der Waals surface area contributed by atoms with Gasteiger partial charge >= 0.3 is 5.97 Å². The molecular formula is C26H29N5O5S. The fraction of sp³-hybridized carbons (Fsp3) is 0.385. The van der Waals surface area contributed by atoms with Crippen molar-refractivity contribution in [1.82, 2.24) is 19.9 Å². The van der Waals surface area contributed by atoms with E-state index in [1.807, 2.05) is 20.8 Å². The molecule has 3 heterocycles. The molecule has 0 saturated carbocycles. The third kappa shape index (κ3) is 4.78. The number of primary amides is 1. The zero-order valence-electron chi connectivity index (χ0n) is 21.0. The van der Waals surface area contributed by atoms with E-state index in [9.17, 15) is 19.5 Å². The Kier molecular flexibility index (Phi) is 7.00. The number of rotatable bonds is 7. The fourth-order valence-electron chi connectivity index (χ4n) is 5.07. The van der Waals surface area contributed by atoms with Crippen molar-refractivity contribution < 1.29 is 24.2 Å². The van der Waals surface area contributed by atoms with E-state index in [1.54, 1.807) is 29.8 Å². The smallest absolute Gasteiger partial charge is 0.330 e. The van der Waals surface area contributed by atoms with Gasteiger partial charge in [-0.25, -0.2) is 9.78 Å². The van der Waals surface area contributed by atoms with E-state index in [0.717, 1.165) is 5.56 Å². The molecule has 1 aliphatic heterocycles. The quantitative estimate of drug-likeness (QED) is 0.479. The van der Waals surface area contributed by atoms with E-state index >= 15 is 0 Å². The second kappa shape index (κ2) is 9.89. The molecule has 194 valence electrons. The Morgan fingerprint density at radius 1 is 1.22 bits per heavy atom. The monoisotopic (exact) mass is 523 g/mol. The van der Waals surface area contributed by atoms with Crippen LogP contribution >= 0.6 is 11.3 Å². The lowest BCUT2D eigenvalue weighted by Crippen LogP contribution is -2.55. The molecule has 3 atom stereocenters. The van der Waals surface area contributed by atoms with Crippen LogP contribution in [0.2, 0.25) is 0 Å². The minimum Gasteiger partial charge on any atom is -0.496 e. The van der Waals surface area contributed by atoms with Crippen molar-refractivity contribution in [3.05, 3.63) is 70.2 Å². The lowest BCUT2D eigenvalue weighted by molar-refractivity contribution is -0.151. The molecule has 37 heavy (non-hydrogen) atoms. The largest absolute Gasteiger partial charge is 0.496 e. The molecule has 11 heteroatoms. The van der Waals surface area contributed by atoms with E-state index in [0.29, 0.717) is 16.5 Å². The summed E-state index contributed by atoms with van der Waals surface area (Å²) >= 11 is 1.29. The second-order valence-corrected chi connectivity index (χ2v) is 11.0. The lowest BCUT2D eigenvalue weighted by atomic mass is 9.85. The highest BCUT2D eigenvalue weighted by Gasteiger charge is 2.61. The van der Waals surface area contributed by atoms with Crippen molar-refractivity contribution in [2.75, 3.05) is 7.11 Å². The van der Waals surface area contributed by atoms with Crippen molar-refractivity contribution in [2.45, 2.75) is 56.5 Å². The van der Waals surface area contributed by atoms with Crippen LogP contribution in [0.1, 0.15) is 72.2 Å². The standard InChI is InChI=1S/C26H29N5O5S/c1-25(2,3)17-6-5-15(11-19(17)36-4)23(33)31-21(22-30-9-10-37-22)16(18-14-28-7-8-29-18)12-26(31,24(34)35)13-20(27)32/h5-11,14,16,21H,12-13H2,1-4H3,(H2,27,32)(H,34,35)/t16-,21-,26-/m1/s1. The van der Waals surface area contributed by atoms with Gasteiger partial charge in [0.2, 0.25) is 5.91 Å². The molecule has 1 aromatic carbocycles. The number of likely N-dealkylation sites (tertiary alicyclic amines) is 1. The maximum Gasteiger partial charge on any atom is 0.330 e. The Morgan fingerprint density at radius 2 is 1.97 bits per heavy atom. The van der Waals surface area contributed by atoms with Gasteiger partial charge in [-0.05, 0) is 29.5 Å². The molecule has 1 fully saturated rings. The molecular weight excluding hydrogens is 494 g/mol. The van der Waals surface area contributed by atoms with Crippen LogP contribution in [0.4, 0.5) is 0 Å². The average Bonchev–Trinajstić information content (AvgIpc) is 3.49. The molecule has 0 spiro atoms. The maximum atomic E-state index is 14.3. The van der Waals surface area contributed by atoms with Gasteiger partial charge in [-0.1, -0.05) is 26.8 Å². The zero-order valence-corrected chi connectivity index (χ0v) is 21.9. The fourth-order valence-corrected chi connectivity index (χ4v) is 5.86. The second-order valence-electron chi connectivity index (χ2n) is 10.1. The van der Waals surface area contributed by atoms with E-state index in [-0.39, 0.29) is 17.4 Å². The first kappa shape index (κ1) is 26.2. The highest BCUT2D eigenvalue weighted by Crippen LogP contribution is 2.53. The first-order valence-electron chi connectivity index (χ1n) is 11.7. The van der Waals surface area contributed by atoms with Gasteiger partial charge in [0.05, 0.1) is 25.3 Å². The minimum atomic E-state index is -1.92. The van der Waals surface area contributed by atoms with Crippen molar-refractivity contribution in [1.29, 1.82) is 0 Å². The molecule has 1 aliphatic rings. The Labute approximate surface area is 218 Å². The summed E-state index contributed by atoms with van der Waals surface area (Å²) in [5.74, 6) is -2.82. The number of thiazole rings is 1. The number of amides is 2. The van der Waals surface area contributed by atoms with E-state index in [1.165, 1.54) is 41.9 Å². The number of carbonyl (C=O) groups is 3. The predicted octanol–water partition coefficient (Wildman–Crippen LogP) is 3.31. The first-order valence-corrected chi connectivity index (χ1v) is 12.6. The van der Waals surface area contributed by atoms with Gasteiger partial charge in [0.1, 0.15) is 10.8 Å². The van der Waals surface area contributed by atoms with Gasteiger partial charge in [0.25, 0.3) is 5.91 Å². The number of hydrogen-bond acceptors (Lipinski definition) is 8. The molecule has 0 radical (unpaired) electrons. The number of aromatic nitrogens is 3. The lowest BCUT2D eigenvalue weighted by Gasteiger charge is -2.37. The molecule has 1 saturated heterocycles. The molecule has 0 unspecified atom stereocenters. The zero-order chi connectivity index (χ0) is 27.0. The number of aliphatic carboxylic acids is 1. The molecule has 10 nitrogen and oxygen atoms in total. The maximum absolute atomic E-state index is 14.3. The number of nitrogens with zero attached hydrogens (tertiary/aromatic N) is 4.